The first kappa shape index (κ1) is 21.9. The van der Waals surface area contributed by atoms with Gasteiger partial charge in [-0.2, -0.15) is 0 Å². The van der Waals surface area contributed by atoms with Crippen molar-refractivity contribution in [2.75, 3.05) is 13.2 Å². The van der Waals surface area contributed by atoms with Crippen LogP contribution in [0, 0.1) is 11.8 Å². The molecule has 0 heterocycles. The Labute approximate surface area is 187 Å². The number of rotatable bonds is 9. The highest BCUT2D eigenvalue weighted by molar-refractivity contribution is 5.82. The first-order chi connectivity index (χ1) is 15.5. The number of carbonyl (C=O) groups excluding carboxylic acids is 2. The summed E-state index contributed by atoms with van der Waals surface area (Å²) in [6.45, 7) is 2.46. The second-order valence-electron chi connectivity index (χ2n) is 8.52. The van der Waals surface area contributed by atoms with Crippen LogP contribution in [-0.4, -0.2) is 42.3 Å². The normalized spacial score (nSPS) is 19.4. The van der Waals surface area contributed by atoms with Crippen molar-refractivity contribution in [1.29, 1.82) is 0 Å². The van der Waals surface area contributed by atoms with Crippen LogP contribution in [-0.2, 0) is 14.3 Å². The van der Waals surface area contributed by atoms with Crippen molar-refractivity contribution in [2.24, 2.45) is 11.8 Å². The Morgan fingerprint density at radius 1 is 1.06 bits per heavy atom. The van der Waals surface area contributed by atoms with E-state index in [1.165, 1.54) is 11.1 Å². The fraction of sp³-hybridized carbons (Fsp3) is 0.400. The van der Waals surface area contributed by atoms with Crippen LogP contribution in [0.25, 0.3) is 11.1 Å². The molecule has 2 unspecified atom stereocenters. The van der Waals surface area contributed by atoms with Crippen LogP contribution >= 0.6 is 0 Å². The third-order valence-corrected chi connectivity index (χ3v) is 6.37. The van der Waals surface area contributed by atoms with Crippen LogP contribution in [0.3, 0.4) is 0 Å². The van der Waals surface area contributed by atoms with Crippen molar-refractivity contribution in [3.63, 3.8) is 0 Å². The predicted octanol–water partition coefficient (Wildman–Crippen LogP) is 3.53. The van der Waals surface area contributed by atoms with Gasteiger partial charge >= 0.3 is 12.1 Å². The lowest BCUT2D eigenvalue weighted by atomic mass is 9.98. The molecule has 0 aliphatic heterocycles. The molecule has 2 amide bonds. The molecule has 2 aromatic carbocycles. The minimum Gasteiger partial charge on any atom is -0.481 e. The molecule has 0 radical (unpaired) electrons. The molecule has 1 fully saturated rings. The van der Waals surface area contributed by atoms with Crippen molar-refractivity contribution in [3.05, 3.63) is 59.7 Å². The summed E-state index contributed by atoms with van der Waals surface area (Å²) < 4.78 is 5.52. The Hall–Kier alpha value is -3.35. The van der Waals surface area contributed by atoms with E-state index in [0.29, 0.717) is 19.4 Å². The maximum Gasteiger partial charge on any atom is 0.407 e. The van der Waals surface area contributed by atoms with E-state index in [1.807, 2.05) is 31.2 Å². The van der Waals surface area contributed by atoms with Crippen LogP contribution < -0.4 is 10.6 Å². The molecule has 0 saturated heterocycles. The standard InChI is InChI=1S/C25H28N2O5/c1-2-16(12-23(28)29)27-24(30)21-11-15(21)13-26-25(31)32-14-22-19-9-5-3-7-17(19)18-8-4-6-10-20(18)22/h3-10,15-16,21-22H,2,11-14H2,1H3,(H,26,31)(H,27,30)(H,28,29)/t15?,16-,21?/m0/s1. The number of amides is 2. The zero-order valence-corrected chi connectivity index (χ0v) is 18.0. The molecule has 7 nitrogen and oxygen atoms in total. The number of ether oxygens (including phenoxy) is 1. The molecule has 1 saturated carbocycles. The van der Waals surface area contributed by atoms with E-state index >= 15 is 0 Å². The molecule has 2 aliphatic carbocycles. The van der Waals surface area contributed by atoms with Gasteiger partial charge in [-0.05, 0) is 41.0 Å². The summed E-state index contributed by atoms with van der Waals surface area (Å²) in [4.78, 5) is 35.4. The number of fused-ring (bicyclic) bond motifs is 3. The Kier molecular flexibility index (Phi) is 6.44. The van der Waals surface area contributed by atoms with Crippen LogP contribution in [0.15, 0.2) is 48.5 Å². The van der Waals surface area contributed by atoms with Gasteiger partial charge in [0.1, 0.15) is 6.61 Å². The van der Waals surface area contributed by atoms with Crippen molar-refractivity contribution >= 4 is 18.0 Å². The molecule has 2 aliphatic rings. The van der Waals surface area contributed by atoms with Crippen molar-refractivity contribution in [3.8, 4) is 11.1 Å². The summed E-state index contributed by atoms with van der Waals surface area (Å²) in [6, 6.07) is 16.0. The number of benzene rings is 2. The summed E-state index contributed by atoms with van der Waals surface area (Å²) in [5, 5.41) is 14.5. The largest absolute Gasteiger partial charge is 0.481 e. The van der Waals surface area contributed by atoms with Gasteiger partial charge in [-0.15, -0.1) is 0 Å². The number of carbonyl (C=O) groups is 3. The lowest BCUT2D eigenvalue weighted by Gasteiger charge is -2.15. The fourth-order valence-corrected chi connectivity index (χ4v) is 4.47. The average Bonchev–Trinajstić information content (AvgIpc) is 3.51. The highest BCUT2D eigenvalue weighted by Gasteiger charge is 2.43. The van der Waals surface area contributed by atoms with Crippen molar-refractivity contribution in [1.82, 2.24) is 10.6 Å². The van der Waals surface area contributed by atoms with Gasteiger partial charge < -0.3 is 20.5 Å². The Bertz CT molecular complexity index is 975. The Morgan fingerprint density at radius 2 is 1.69 bits per heavy atom. The molecule has 3 N–H and O–H groups in total. The summed E-state index contributed by atoms with van der Waals surface area (Å²) in [5.41, 5.74) is 4.67. The molecule has 32 heavy (non-hydrogen) atoms. The molecule has 7 heteroatoms. The first-order valence-electron chi connectivity index (χ1n) is 11.1. The maximum atomic E-state index is 12.3. The molecular weight excluding hydrogens is 408 g/mol. The highest BCUT2D eigenvalue weighted by atomic mass is 16.5. The van der Waals surface area contributed by atoms with Gasteiger partial charge in [-0.25, -0.2) is 4.79 Å². The summed E-state index contributed by atoms with van der Waals surface area (Å²) >= 11 is 0. The van der Waals surface area contributed by atoms with E-state index in [0.717, 1.165) is 11.1 Å². The van der Waals surface area contributed by atoms with Gasteiger partial charge in [0.15, 0.2) is 0 Å². The number of carboxylic acids is 1. The van der Waals surface area contributed by atoms with Crippen LogP contribution in [0.2, 0.25) is 0 Å². The number of hydrogen-bond acceptors (Lipinski definition) is 4. The summed E-state index contributed by atoms with van der Waals surface area (Å²) in [5.74, 6) is -1.20. The lowest BCUT2D eigenvalue weighted by Crippen LogP contribution is -2.38. The summed E-state index contributed by atoms with van der Waals surface area (Å²) in [7, 11) is 0. The van der Waals surface area contributed by atoms with E-state index < -0.39 is 12.1 Å². The minimum absolute atomic E-state index is 0.00723. The second kappa shape index (κ2) is 9.42. The average molecular weight is 437 g/mol. The number of alkyl carbamates (subject to hydrolysis) is 1. The van der Waals surface area contributed by atoms with Gasteiger partial charge in [0, 0.05) is 24.4 Å². The minimum atomic E-state index is -0.929. The third kappa shape index (κ3) is 4.77. The topological polar surface area (TPSA) is 105 Å². The predicted molar refractivity (Wildman–Crippen MR) is 119 cm³/mol. The quantitative estimate of drug-likeness (QED) is 0.558. The molecule has 0 spiro atoms. The number of carboxylic acid groups (broad SMARTS) is 1. The lowest BCUT2D eigenvalue weighted by molar-refractivity contribution is -0.137. The Morgan fingerprint density at radius 3 is 2.28 bits per heavy atom. The zero-order valence-electron chi connectivity index (χ0n) is 18.0. The van der Waals surface area contributed by atoms with Gasteiger partial charge in [0.05, 0.1) is 6.42 Å². The van der Waals surface area contributed by atoms with Crippen LogP contribution in [0.4, 0.5) is 4.79 Å². The summed E-state index contributed by atoms with van der Waals surface area (Å²) in [6.07, 6.45) is 0.666. The van der Waals surface area contributed by atoms with Crippen LogP contribution in [0.1, 0.15) is 43.2 Å². The highest BCUT2D eigenvalue weighted by Crippen LogP contribution is 2.44. The molecular formula is C25H28N2O5. The molecule has 4 rings (SSSR count). The molecule has 168 valence electrons. The third-order valence-electron chi connectivity index (χ3n) is 6.37. The SMILES string of the molecule is CC[C@@H](CC(=O)O)NC(=O)C1CC1CNC(=O)OCC1c2ccccc2-c2ccccc21. The van der Waals surface area contributed by atoms with Crippen molar-refractivity contribution < 1.29 is 24.2 Å². The monoisotopic (exact) mass is 436 g/mol. The van der Waals surface area contributed by atoms with Crippen LogP contribution in [0.5, 0.6) is 0 Å². The van der Waals surface area contributed by atoms with E-state index in [4.69, 9.17) is 9.84 Å². The number of aliphatic carboxylic acids is 1. The Balaban J connectivity index is 1.24. The second-order valence-corrected chi connectivity index (χ2v) is 8.52. The van der Waals surface area contributed by atoms with E-state index in [9.17, 15) is 14.4 Å². The maximum absolute atomic E-state index is 12.3. The first-order valence-corrected chi connectivity index (χ1v) is 11.1. The van der Waals surface area contributed by atoms with E-state index in [-0.39, 0.29) is 42.7 Å². The molecule has 0 bridgehead atoms. The molecule has 0 aromatic heterocycles. The van der Waals surface area contributed by atoms with E-state index in [2.05, 4.69) is 34.9 Å². The molecule has 3 atom stereocenters. The van der Waals surface area contributed by atoms with Crippen molar-refractivity contribution in [2.45, 2.75) is 38.1 Å². The smallest absolute Gasteiger partial charge is 0.407 e. The fourth-order valence-electron chi connectivity index (χ4n) is 4.47. The van der Waals surface area contributed by atoms with Gasteiger partial charge in [-0.3, -0.25) is 9.59 Å². The number of hydrogen-bond donors (Lipinski definition) is 3. The van der Waals surface area contributed by atoms with Gasteiger partial charge in [-0.1, -0.05) is 55.5 Å². The molecule has 2 aromatic rings. The van der Waals surface area contributed by atoms with Gasteiger partial charge in [0.25, 0.3) is 0 Å². The number of nitrogens with one attached hydrogen (secondary N) is 2. The van der Waals surface area contributed by atoms with E-state index in [1.54, 1.807) is 0 Å². The zero-order chi connectivity index (χ0) is 22.7. The van der Waals surface area contributed by atoms with Gasteiger partial charge in [0.2, 0.25) is 5.91 Å².